The Morgan fingerprint density at radius 3 is 2.09 bits per heavy atom. The van der Waals surface area contributed by atoms with Crippen LogP contribution in [-0.2, 0) is 4.57 Å². The van der Waals surface area contributed by atoms with E-state index in [1.54, 1.807) is 0 Å². The standard InChI is InChI=1S/C7H17ClNOP/c1-6(2)5-11(8,10)9-7(3)4/h6-7H,5H2,1-4H3,(H,9,10). The van der Waals surface area contributed by atoms with Crippen LogP contribution in [0.4, 0.5) is 0 Å². The van der Waals surface area contributed by atoms with Crippen molar-refractivity contribution in [2.24, 2.45) is 5.92 Å². The molecule has 0 saturated carbocycles. The van der Waals surface area contributed by atoms with Gasteiger partial charge in [0.1, 0.15) is 0 Å². The van der Waals surface area contributed by atoms with Gasteiger partial charge in [-0.25, -0.2) is 0 Å². The van der Waals surface area contributed by atoms with Crippen LogP contribution in [-0.4, -0.2) is 12.2 Å². The summed E-state index contributed by atoms with van der Waals surface area (Å²) in [5, 5.41) is 2.87. The highest BCUT2D eigenvalue weighted by Crippen LogP contribution is 2.48. The highest BCUT2D eigenvalue weighted by molar-refractivity contribution is 7.87. The number of hydrogen-bond donors (Lipinski definition) is 1. The van der Waals surface area contributed by atoms with Gasteiger partial charge in [-0.15, -0.1) is 0 Å². The van der Waals surface area contributed by atoms with Crippen LogP contribution in [0.2, 0.25) is 0 Å². The molecular weight excluding hydrogens is 181 g/mol. The zero-order valence-electron chi connectivity index (χ0n) is 7.60. The first-order valence-electron chi connectivity index (χ1n) is 3.90. The van der Waals surface area contributed by atoms with Crippen LogP contribution in [0.3, 0.4) is 0 Å². The SMILES string of the molecule is CC(C)CP(=O)(Cl)NC(C)C. The minimum Gasteiger partial charge on any atom is -0.289 e. The normalized spacial score (nSPS) is 17.4. The Morgan fingerprint density at radius 1 is 1.36 bits per heavy atom. The van der Waals surface area contributed by atoms with Gasteiger partial charge in [0.25, 0.3) is 0 Å². The Labute approximate surface area is 73.9 Å². The van der Waals surface area contributed by atoms with Crippen molar-refractivity contribution < 1.29 is 4.57 Å². The van der Waals surface area contributed by atoms with Gasteiger partial charge in [0.2, 0.25) is 6.65 Å². The van der Waals surface area contributed by atoms with Gasteiger partial charge in [-0.1, -0.05) is 13.8 Å². The summed E-state index contributed by atoms with van der Waals surface area (Å²) in [6.07, 6.45) is 0.562. The molecule has 0 aromatic heterocycles. The van der Waals surface area contributed by atoms with Crippen LogP contribution < -0.4 is 5.09 Å². The van der Waals surface area contributed by atoms with Crippen molar-refractivity contribution in [2.45, 2.75) is 33.7 Å². The van der Waals surface area contributed by atoms with E-state index in [1.807, 2.05) is 27.7 Å². The van der Waals surface area contributed by atoms with E-state index in [0.29, 0.717) is 12.1 Å². The van der Waals surface area contributed by atoms with Crippen LogP contribution in [0.15, 0.2) is 0 Å². The van der Waals surface area contributed by atoms with Crippen LogP contribution in [0.25, 0.3) is 0 Å². The molecule has 0 fully saturated rings. The fourth-order valence-electron chi connectivity index (χ4n) is 0.908. The topological polar surface area (TPSA) is 29.1 Å². The maximum absolute atomic E-state index is 11.5. The van der Waals surface area contributed by atoms with E-state index in [0.717, 1.165) is 0 Å². The molecule has 0 rings (SSSR count). The number of halogens is 1. The molecule has 0 aromatic rings. The van der Waals surface area contributed by atoms with Crippen molar-refractivity contribution in [1.29, 1.82) is 0 Å². The summed E-state index contributed by atoms with van der Waals surface area (Å²) in [5.74, 6) is 0.379. The fraction of sp³-hybridized carbons (Fsp3) is 1.00. The van der Waals surface area contributed by atoms with E-state index < -0.39 is 6.65 Å². The molecule has 1 N–H and O–H groups in total. The van der Waals surface area contributed by atoms with Crippen LogP contribution in [0, 0.1) is 5.92 Å². The molecule has 0 spiro atoms. The molecule has 0 aliphatic carbocycles. The lowest BCUT2D eigenvalue weighted by molar-refractivity contribution is 0.558. The summed E-state index contributed by atoms with van der Waals surface area (Å²) < 4.78 is 11.5. The van der Waals surface area contributed by atoms with Crippen LogP contribution >= 0.6 is 17.9 Å². The summed E-state index contributed by atoms with van der Waals surface area (Å²) in [7, 11) is 0. The van der Waals surface area contributed by atoms with Crippen LogP contribution in [0.5, 0.6) is 0 Å². The van der Waals surface area contributed by atoms with Crippen molar-refractivity contribution >= 4 is 17.9 Å². The molecule has 0 bridgehead atoms. The molecule has 0 aliphatic rings. The molecule has 68 valence electrons. The van der Waals surface area contributed by atoms with Gasteiger partial charge in [-0.2, -0.15) is 0 Å². The monoisotopic (exact) mass is 197 g/mol. The van der Waals surface area contributed by atoms with Crippen molar-refractivity contribution in [1.82, 2.24) is 5.09 Å². The first-order valence-corrected chi connectivity index (χ1v) is 6.69. The van der Waals surface area contributed by atoms with E-state index in [9.17, 15) is 4.57 Å². The number of rotatable bonds is 4. The molecule has 0 saturated heterocycles. The Bertz CT molecular complexity index is 145. The Hall–Kier alpha value is 0.480. The van der Waals surface area contributed by atoms with Crippen molar-refractivity contribution in [3.05, 3.63) is 0 Å². The minimum atomic E-state index is -2.58. The zero-order valence-corrected chi connectivity index (χ0v) is 9.25. The lowest BCUT2D eigenvalue weighted by atomic mass is 10.3. The molecule has 11 heavy (non-hydrogen) atoms. The second-order valence-electron chi connectivity index (χ2n) is 3.51. The summed E-state index contributed by atoms with van der Waals surface area (Å²) in [6.45, 7) is 5.32. The predicted molar refractivity (Wildman–Crippen MR) is 51.4 cm³/mol. The van der Waals surface area contributed by atoms with E-state index in [4.69, 9.17) is 11.2 Å². The fourth-order valence-corrected chi connectivity index (χ4v) is 4.14. The third kappa shape index (κ3) is 6.86. The lowest BCUT2D eigenvalue weighted by Gasteiger charge is -2.16. The molecule has 4 heteroatoms. The summed E-state index contributed by atoms with van der Waals surface area (Å²) in [5.41, 5.74) is 0. The summed E-state index contributed by atoms with van der Waals surface area (Å²) in [4.78, 5) is 0. The molecular formula is C7H17ClNOP. The lowest BCUT2D eigenvalue weighted by Crippen LogP contribution is -2.19. The van der Waals surface area contributed by atoms with Gasteiger partial charge in [-0.3, -0.25) is 9.65 Å². The van der Waals surface area contributed by atoms with Gasteiger partial charge in [0.15, 0.2) is 0 Å². The molecule has 1 unspecified atom stereocenters. The third-order valence-electron chi connectivity index (χ3n) is 1.05. The van der Waals surface area contributed by atoms with Crippen molar-refractivity contribution in [2.75, 3.05) is 6.16 Å². The maximum atomic E-state index is 11.5. The van der Waals surface area contributed by atoms with Crippen molar-refractivity contribution in [3.8, 4) is 0 Å². The van der Waals surface area contributed by atoms with Gasteiger partial charge in [0, 0.05) is 12.2 Å². The molecule has 2 nitrogen and oxygen atoms in total. The average Bonchev–Trinajstić information content (AvgIpc) is 1.53. The summed E-state index contributed by atoms with van der Waals surface area (Å²) in [6, 6.07) is 0.192. The smallest absolute Gasteiger partial charge is 0.232 e. The van der Waals surface area contributed by atoms with Gasteiger partial charge in [0.05, 0.1) is 0 Å². The molecule has 0 aromatic carbocycles. The van der Waals surface area contributed by atoms with E-state index in [2.05, 4.69) is 5.09 Å². The Balaban J connectivity index is 3.91. The third-order valence-corrected chi connectivity index (χ3v) is 3.86. The first kappa shape index (κ1) is 11.5. The second-order valence-corrected chi connectivity index (χ2v) is 7.08. The highest BCUT2D eigenvalue weighted by Gasteiger charge is 2.20. The second kappa shape index (κ2) is 4.49. The Morgan fingerprint density at radius 2 is 1.82 bits per heavy atom. The largest absolute Gasteiger partial charge is 0.289 e. The zero-order chi connectivity index (χ0) is 9.07. The Kier molecular flexibility index (Phi) is 4.69. The van der Waals surface area contributed by atoms with E-state index in [1.165, 1.54) is 0 Å². The number of nitrogens with one attached hydrogen (secondary N) is 1. The van der Waals surface area contributed by atoms with E-state index >= 15 is 0 Å². The number of hydrogen-bond acceptors (Lipinski definition) is 1. The molecule has 0 radical (unpaired) electrons. The average molecular weight is 198 g/mol. The van der Waals surface area contributed by atoms with Crippen LogP contribution in [0.1, 0.15) is 27.7 Å². The van der Waals surface area contributed by atoms with Gasteiger partial charge >= 0.3 is 0 Å². The molecule has 0 heterocycles. The molecule has 0 aliphatic heterocycles. The maximum Gasteiger partial charge on any atom is 0.232 e. The predicted octanol–water partition coefficient (Wildman–Crippen LogP) is 3.07. The molecule has 1 atom stereocenters. The first-order chi connectivity index (χ1) is 4.83. The van der Waals surface area contributed by atoms with Gasteiger partial charge in [-0.05, 0) is 31.0 Å². The minimum absolute atomic E-state index is 0.192. The quantitative estimate of drug-likeness (QED) is 0.702. The van der Waals surface area contributed by atoms with Crippen molar-refractivity contribution in [3.63, 3.8) is 0 Å². The highest BCUT2D eigenvalue weighted by atomic mass is 35.7. The summed E-state index contributed by atoms with van der Waals surface area (Å²) >= 11 is 5.77. The molecule has 0 amide bonds. The van der Waals surface area contributed by atoms with Gasteiger partial charge < -0.3 is 0 Å². The van der Waals surface area contributed by atoms with E-state index in [-0.39, 0.29) is 6.04 Å².